The summed E-state index contributed by atoms with van der Waals surface area (Å²) < 4.78 is 26.8. The lowest BCUT2D eigenvalue weighted by Crippen LogP contribution is -2.53. The summed E-state index contributed by atoms with van der Waals surface area (Å²) in [5.74, 6) is 0.220. The Morgan fingerprint density at radius 3 is 2.38 bits per heavy atom. The highest BCUT2D eigenvalue weighted by Crippen LogP contribution is 2.20. The third-order valence-electron chi connectivity index (χ3n) is 5.13. The van der Waals surface area contributed by atoms with Gasteiger partial charge in [0, 0.05) is 49.9 Å². The van der Waals surface area contributed by atoms with Crippen LogP contribution in [0.5, 0.6) is 0 Å². The van der Waals surface area contributed by atoms with Gasteiger partial charge in [-0.25, -0.2) is 18.7 Å². The number of carbonyl (C=O) groups excluding carboxylic acids is 1. The van der Waals surface area contributed by atoms with Crippen LogP contribution in [0.15, 0.2) is 24.3 Å². The van der Waals surface area contributed by atoms with Gasteiger partial charge in [0.05, 0.1) is 11.7 Å². The normalized spacial score (nSPS) is 16.2. The first kappa shape index (κ1) is 21.1. The van der Waals surface area contributed by atoms with Crippen LogP contribution >= 0.6 is 0 Å². The van der Waals surface area contributed by atoms with Gasteiger partial charge in [-0.15, -0.1) is 0 Å². The highest BCUT2D eigenvalue weighted by Gasteiger charge is 2.27. The van der Waals surface area contributed by atoms with E-state index in [2.05, 4.69) is 34.0 Å². The van der Waals surface area contributed by atoms with Crippen molar-refractivity contribution in [2.45, 2.75) is 39.7 Å². The number of nitrogens with zero attached hydrogens (tertiary/aromatic N) is 4. The van der Waals surface area contributed by atoms with Gasteiger partial charge < -0.3 is 10.2 Å². The number of benzene rings is 1. The van der Waals surface area contributed by atoms with Crippen molar-refractivity contribution in [2.75, 3.05) is 36.4 Å². The Morgan fingerprint density at radius 1 is 1.07 bits per heavy atom. The predicted molar refractivity (Wildman–Crippen MR) is 109 cm³/mol. The average Bonchev–Trinajstić information content (AvgIpc) is 2.69. The fraction of sp³-hybridized carbons (Fsp3) is 0.476. The number of hydrogen-bond acceptors (Lipinski definition) is 5. The Kier molecular flexibility index (Phi) is 6.42. The fourth-order valence-corrected chi connectivity index (χ4v) is 3.33. The van der Waals surface area contributed by atoms with Gasteiger partial charge in [0.25, 0.3) is 0 Å². The lowest BCUT2D eigenvalue weighted by atomic mass is 10.2. The molecule has 8 heteroatoms. The van der Waals surface area contributed by atoms with Gasteiger partial charge >= 0.3 is 0 Å². The number of amides is 1. The summed E-state index contributed by atoms with van der Waals surface area (Å²) in [5, 5.41) is 2.55. The second kappa shape index (κ2) is 8.82. The molecule has 1 aromatic carbocycles. The van der Waals surface area contributed by atoms with Crippen molar-refractivity contribution >= 4 is 17.4 Å². The first-order valence-electron chi connectivity index (χ1n) is 9.85. The van der Waals surface area contributed by atoms with E-state index in [1.165, 1.54) is 6.07 Å². The van der Waals surface area contributed by atoms with E-state index < -0.39 is 17.7 Å². The molecular weight excluding hydrogens is 376 g/mol. The molecule has 2 aromatic rings. The summed E-state index contributed by atoms with van der Waals surface area (Å²) in [6, 6.07) is 4.66. The zero-order chi connectivity index (χ0) is 21.1. The second-order valence-electron chi connectivity index (χ2n) is 7.69. The summed E-state index contributed by atoms with van der Waals surface area (Å²) >= 11 is 0. The molecule has 1 aliphatic heterocycles. The zero-order valence-electron chi connectivity index (χ0n) is 17.2. The van der Waals surface area contributed by atoms with Gasteiger partial charge in [-0.1, -0.05) is 13.8 Å². The van der Waals surface area contributed by atoms with Crippen LogP contribution in [0.25, 0.3) is 0 Å². The van der Waals surface area contributed by atoms with Crippen molar-refractivity contribution in [3.05, 3.63) is 47.4 Å². The SMILES string of the molecule is Cc1cc(N2CCN(C(C)C(=O)Nc3ccc(F)cc3F)CC2)nc(C(C)C)n1. The summed E-state index contributed by atoms with van der Waals surface area (Å²) in [4.78, 5) is 25.9. The van der Waals surface area contributed by atoms with Gasteiger partial charge in [0.2, 0.25) is 5.91 Å². The third kappa shape index (κ3) is 5.06. The van der Waals surface area contributed by atoms with Crippen molar-refractivity contribution in [2.24, 2.45) is 0 Å². The Labute approximate surface area is 169 Å². The van der Waals surface area contributed by atoms with Gasteiger partial charge in [0.15, 0.2) is 0 Å². The molecule has 156 valence electrons. The minimum atomic E-state index is -0.782. The molecule has 1 unspecified atom stereocenters. The molecule has 6 nitrogen and oxygen atoms in total. The minimum absolute atomic E-state index is 0.0143. The third-order valence-corrected chi connectivity index (χ3v) is 5.13. The molecule has 29 heavy (non-hydrogen) atoms. The molecule has 0 radical (unpaired) electrons. The lowest BCUT2D eigenvalue weighted by molar-refractivity contribution is -0.120. The zero-order valence-corrected chi connectivity index (χ0v) is 17.2. The quantitative estimate of drug-likeness (QED) is 0.830. The summed E-state index contributed by atoms with van der Waals surface area (Å²) in [6.07, 6.45) is 0. The monoisotopic (exact) mass is 403 g/mol. The predicted octanol–water partition coefficient (Wildman–Crippen LogP) is 3.34. The first-order chi connectivity index (χ1) is 13.7. The average molecular weight is 403 g/mol. The van der Waals surface area contributed by atoms with Gasteiger partial charge in [-0.05, 0) is 26.0 Å². The molecular formula is C21H27F2N5O. The number of nitrogens with one attached hydrogen (secondary N) is 1. The van der Waals surface area contributed by atoms with E-state index in [0.29, 0.717) is 13.1 Å². The molecule has 1 aliphatic rings. The van der Waals surface area contributed by atoms with Crippen molar-refractivity contribution in [1.29, 1.82) is 0 Å². The number of anilines is 2. The maximum absolute atomic E-state index is 13.8. The number of carbonyl (C=O) groups is 1. The van der Waals surface area contributed by atoms with Crippen LogP contribution in [0, 0.1) is 18.6 Å². The summed E-state index contributed by atoms with van der Waals surface area (Å²) in [7, 11) is 0. The van der Waals surface area contributed by atoms with Gasteiger partial charge in [0.1, 0.15) is 23.3 Å². The van der Waals surface area contributed by atoms with Gasteiger partial charge in [-0.2, -0.15) is 0 Å². The van der Waals surface area contributed by atoms with Crippen LogP contribution in [0.3, 0.4) is 0 Å². The van der Waals surface area contributed by atoms with E-state index >= 15 is 0 Å². The van der Waals surface area contributed by atoms with E-state index in [9.17, 15) is 13.6 Å². The maximum Gasteiger partial charge on any atom is 0.241 e. The summed E-state index contributed by atoms with van der Waals surface area (Å²) in [6.45, 7) is 10.7. The number of halogens is 2. The van der Waals surface area contributed by atoms with E-state index in [0.717, 1.165) is 42.6 Å². The molecule has 0 spiro atoms. The van der Waals surface area contributed by atoms with Crippen molar-refractivity contribution < 1.29 is 13.6 Å². The van der Waals surface area contributed by atoms with E-state index in [1.807, 2.05) is 17.9 Å². The first-order valence-corrected chi connectivity index (χ1v) is 9.85. The smallest absolute Gasteiger partial charge is 0.241 e. The van der Waals surface area contributed by atoms with Crippen LogP contribution in [-0.2, 0) is 4.79 Å². The number of piperazine rings is 1. The number of aryl methyl sites for hydroxylation is 1. The molecule has 1 aromatic heterocycles. The van der Waals surface area contributed by atoms with E-state index in [-0.39, 0.29) is 17.5 Å². The van der Waals surface area contributed by atoms with Crippen LogP contribution in [-0.4, -0.2) is 53.0 Å². The van der Waals surface area contributed by atoms with Crippen molar-refractivity contribution in [3.63, 3.8) is 0 Å². The van der Waals surface area contributed by atoms with Crippen molar-refractivity contribution in [1.82, 2.24) is 14.9 Å². The highest BCUT2D eigenvalue weighted by molar-refractivity contribution is 5.94. The van der Waals surface area contributed by atoms with Crippen LogP contribution in [0.1, 0.15) is 38.2 Å². The fourth-order valence-electron chi connectivity index (χ4n) is 3.33. The molecule has 0 saturated carbocycles. The molecule has 1 saturated heterocycles. The Bertz CT molecular complexity index is 881. The molecule has 0 bridgehead atoms. The Balaban J connectivity index is 1.60. The van der Waals surface area contributed by atoms with Gasteiger partial charge in [-0.3, -0.25) is 9.69 Å². The summed E-state index contributed by atoms with van der Waals surface area (Å²) in [5.41, 5.74) is 0.926. The number of aromatic nitrogens is 2. The van der Waals surface area contributed by atoms with E-state index in [1.54, 1.807) is 6.92 Å². The molecule has 1 amide bonds. The Hall–Kier alpha value is -2.61. The topological polar surface area (TPSA) is 61.4 Å². The molecule has 0 aliphatic carbocycles. The molecule has 2 heterocycles. The molecule has 3 rings (SSSR count). The lowest BCUT2D eigenvalue weighted by Gasteiger charge is -2.38. The number of rotatable bonds is 5. The van der Waals surface area contributed by atoms with Crippen molar-refractivity contribution in [3.8, 4) is 0 Å². The Morgan fingerprint density at radius 2 is 1.76 bits per heavy atom. The largest absolute Gasteiger partial charge is 0.354 e. The molecule has 1 N–H and O–H groups in total. The molecule has 1 atom stereocenters. The number of hydrogen-bond donors (Lipinski definition) is 1. The minimum Gasteiger partial charge on any atom is -0.354 e. The van der Waals surface area contributed by atoms with Crippen LogP contribution in [0.4, 0.5) is 20.3 Å². The highest BCUT2D eigenvalue weighted by atomic mass is 19.1. The van der Waals surface area contributed by atoms with E-state index in [4.69, 9.17) is 0 Å². The van der Waals surface area contributed by atoms with Crippen LogP contribution < -0.4 is 10.2 Å². The standard InChI is InChI=1S/C21H27F2N5O/c1-13(2)20-24-14(3)11-19(26-20)28-9-7-27(8-10-28)15(4)21(29)25-18-6-5-16(22)12-17(18)23/h5-6,11-13,15H,7-10H2,1-4H3,(H,25,29). The molecule has 1 fully saturated rings. The maximum atomic E-state index is 13.8. The van der Waals surface area contributed by atoms with Crippen LogP contribution in [0.2, 0.25) is 0 Å². The second-order valence-corrected chi connectivity index (χ2v) is 7.69.